The Morgan fingerprint density at radius 1 is 0.730 bits per heavy atom. The van der Waals surface area contributed by atoms with E-state index < -0.39 is 0 Å². The molecule has 6 rings (SSSR count). The Balaban J connectivity index is 1.64. The molecular weight excluding hydrogens is 469 g/mol. The molecular formula is C34H41NOP+. The summed E-state index contributed by atoms with van der Waals surface area (Å²) in [5, 5.41) is 1.55. The quantitative estimate of drug-likeness (QED) is 0.175. The smallest absolute Gasteiger partial charge is 0.154 e. The zero-order valence-corrected chi connectivity index (χ0v) is 23.3. The summed E-state index contributed by atoms with van der Waals surface area (Å²) in [5.41, 5.74) is 8.50. The number of ether oxygens (including phenoxy) is 1. The van der Waals surface area contributed by atoms with Crippen molar-refractivity contribution in [3.05, 3.63) is 79.4 Å². The molecule has 0 amide bonds. The van der Waals surface area contributed by atoms with Crippen LogP contribution in [0.4, 0.5) is 17.1 Å². The molecule has 0 radical (unpaired) electrons. The highest BCUT2D eigenvalue weighted by Crippen LogP contribution is 2.62. The predicted octanol–water partition coefficient (Wildman–Crippen LogP) is 9.60. The number of rotatable bonds is 7. The van der Waals surface area contributed by atoms with Gasteiger partial charge in [-0.15, -0.1) is 0 Å². The highest BCUT2D eigenvalue weighted by atomic mass is 31.1. The van der Waals surface area contributed by atoms with Crippen LogP contribution in [0.2, 0.25) is 0 Å². The molecule has 192 valence electrons. The van der Waals surface area contributed by atoms with Crippen molar-refractivity contribution in [1.82, 2.24) is 4.48 Å². The van der Waals surface area contributed by atoms with Crippen LogP contribution in [0.15, 0.2) is 79.4 Å². The average Bonchev–Trinajstić information content (AvgIpc) is 3.25. The third-order valence-electron chi connectivity index (χ3n) is 9.13. The SMILES string of the molecule is C=CC[N+]1(c2cccc(OC)c2P(C2CCCCC2)C2CCCCC2)c2ccccc2-c2ccccc21. The first-order valence-electron chi connectivity index (χ1n) is 14.4. The third kappa shape index (κ3) is 4.18. The van der Waals surface area contributed by atoms with Gasteiger partial charge in [-0.3, -0.25) is 0 Å². The van der Waals surface area contributed by atoms with E-state index in [-0.39, 0.29) is 7.92 Å². The van der Waals surface area contributed by atoms with Gasteiger partial charge >= 0.3 is 0 Å². The van der Waals surface area contributed by atoms with Crippen molar-refractivity contribution in [2.75, 3.05) is 13.7 Å². The molecule has 0 unspecified atom stereocenters. The molecule has 3 heteroatoms. The Labute approximate surface area is 224 Å². The number of quaternary nitrogens is 1. The Hall–Kier alpha value is -2.41. The predicted molar refractivity (Wildman–Crippen MR) is 161 cm³/mol. The zero-order chi connectivity index (χ0) is 25.2. The first-order chi connectivity index (χ1) is 18.3. The van der Waals surface area contributed by atoms with Gasteiger partial charge in [-0.05, 0) is 61.3 Å². The number of hydrogen-bond acceptors (Lipinski definition) is 1. The van der Waals surface area contributed by atoms with E-state index in [1.165, 1.54) is 92.4 Å². The molecule has 3 aromatic rings. The topological polar surface area (TPSA) is 9.23 Å². The normalized spacial score (nSPS) is 19.4. The van der Waals surface area contributed by atoms with Gasteiger partial charge in [0, 0.05) is 29.3 Å². The molecule has 0 aromatic heterocycles. The van der Waals surface area contributed by atoms with E-state index in [0.29, 0.717) is 0 Å². The van der Waals surface area contributed by atoms with Crippen LogP contribution in [0.3, 0.4) is 0 Å². The second-order valence-electron chi connectivity index (χ2n) is 11.1. The minimum atomic E-state index is -0.352. The van der Waals surface area contributed by atoms with Gasteiger partial charge in [0.05, 0.1) is 12.4 Å². The van der Waals surface area contributed by atoms with Crippen LogP contribution in [0.25, 0.3) is 11.1 Å². The Morgan fingerprint density at radius 2 is 1.24 bits per heavy atom. The number of nitrogens with zero attached hydrogens (tertiary/aromatic N) is 1. The lowest BCUT2D eigenvalue weighted by atomic mass is 9.99. The number of benzene rings is 3. The van der Waals surface area contributed by atoms with E-state index in [1.807, 2.05) is 7.11 Å². The minimum Gasteiger partial charge on any atom is -0.496 e. The van der Waals surface area contributed by atoms with Crippen LogP contribution < -0.4 is 14.5 Å². The summed E-state index contributed by atoms with van der Waals surface area (Å²) in [5.74, 6) is 1.11. The van der Waals surface area contributed by atoms with E-state index in [9.17, 15) is 0 Å². The highest BCUT2D eigenvalue weighted by molar-refractivity contribution is 7.67. The van der Waals surface area contributed by atoms with Crippen LogP contribution in [0.5, 0.6) is 5.75 Å². The van der Waals surface area contributed by atoms with Gasteiger partial charge in [-0.2, -0.15) is 0 Å². The fourth-order valence-corrected chi connectivity index (χ4v) is 11.7. The molecule has 2 saturated carbocycles. The van der Waals surface area contributed by atoms with Gasteiger partial charge in [0.25, 0.3) is 0 Å². The van der Waals surface area contributed by atoms with Crippen molar-refractivity contribution in [2.45, 2.75) is 75.5 Å². The molecule has 3 aliphatic rings. The maximum absolute atomic E-state index is 6.29. The number of hydrogen-bond donors (Lipinski definition) is 0. The second kappa shape index (κ2) is 10.8. The first kappa shape index (κ1) is 24.9. The van der Waals surface area contributed by atoms with Gasteiger partial charge < -0.3 is 4.74 Å². The molecule has 0 atom stereocenters. The number of methoxy groups -OCH3 is 1. The Bertz CT molecular complexity index is 1190. The minimum absolute atomic E-state index is 0.352. The van der Waals surface area contributed by atoms with Crippen molar-refractivity contribution in [3.8, 4) is 16.9 Å². The average molecular weight is 511 g/mol. The van der Waals surface area contributed by atoms with Crippen molar-refractivity contribution in [2.24, 2.45) is 0 Å². The number of fused-ring (bicyclic) bond motifs is 3. The molecule has 2 nitrogen and oxygen atoms in total. The summed E-state index contributed by atoms with van der Waals surface area (Å²) in [6, 6.07) is 25.0. The summed E-state index contributed by atoms with van der Waals surface area (Å²) in [6.07, 6.45) is 16.0. The second-order valence-corrected chi connectivity index (χ2v) is 13.9. The van der Waals surface area contributed by atoms with Crippen LogP contribution in [0.1, 0.15) is 64.2 Å². The molecule has 37 heavy (non-hydrogen) atoms. The number of para-hydroxylation sites is 2. The lowest BCUT2D eigenvalue weighted by molar-refractivity contribution is 0.416. The van der Waals surface area contributed by atoms with Crippen molar-refractivity contribution < 1.29 is 4.74 Å². The molecule has 0 spiro atoms. The highest BCUT2D eigenvalue weighted by Gasteiger charge is 2.49. The summed E-state index contributed by atoms with van der Waals surface area (Å²) in [4.78, 5) is 0. The summed E-state index contributed by atoms with van der Waals surface area (Å²) in [7, 11) is 1.54. The molecule has 2 aliphatic carbocycles. The van der Waals surface area contributed by atoms with Crippen molar-refractivity contribution >= 4 is 30.3 Å². The third-order valence-corrected chi connectivity index (χ3v) is 12.7. The molecule has 2 fully saturated rings. The Kier molecular flexibility index (Phi) is 7.24. The fourth-order valence-electron chi connectivity index (χ4n) is 7.57. The van der Waals surface area contributed by atoms with Gasteiger partial charge in [-0.1, -0.05) is 83.4 Å². The largest absolute Gasteiger partial charge is 0.496 e. The van der Waals surface area contributed by atoms with Gasteiger partial charge in [0.15, 0.2) is 17.1 Å². The molecule has 0 bridgehead atoms. The summed E-state index contributed by atoms with van der Waals surface area (Å²) in [6.45, 7) is 5.14. The lowest BCUT2D eigenvalue weighted by Gasteiger charge is -2.42. The van der Waals surface area contributed by atoms with Crippen molar-refractivity contribution in [3.63, 3.8) is 0 Å². The maximum Gasteiger partial charge on any atom is 0.154 e. The molecule has 0 N–H and O–H groups in total. The van der Waals surface area contributed by atoms with Crippen molar-refractivity contribution in [1.29, 1.82) is 0 Å². The van der Waals surface area contributed by atoms with E-state index in [0.717, 1.165) is 28.1 Å². The van der Waals surface area contributed by atoms with Gasteiger partial charge in [-0.25, -0.2) is 4.48 Å². The first-order valence-corrected chi connectivity index (χ1v) is 15.9. The van der Waals surface area contributed by atoms with E-state index in [1.54, 1.807) is 5.30 Å². The molecule has 1 heterocycles. The lowest BCUT2D eigenvalue weighted by Crippen LogP contribution is -2.42. The molecule has 0 saturated heterocycles. The van der Waals surface area contributed by atoms with E-state index >= 15 is 0 Å². The van der Waals surface area contributed by atoms with Crippen LogP contribution >= 0.6 is 7.92 Å². The maximum atomic E-state index is 6.29. The summed E-state index contributed by atoms with van der Waals surface area (Å²) < 4.78 is 7.01. The van der Waals surface area contributed by atoms with Crippen LogP contribution in [-0.4, -0.2) is 25.0 Å². The van der Waals surface area contributed by atoms with Crippen LogP contribution in [0, 0.1) is 0 Å². The van der Waals surface area contributed by atoms with Gasteiger partial charge in [0.2, 0.25) is 0 Å². The van der Waals surface area contributed by atoms with E-state index in [4.69, 9.17) is 4.74 Å². The zero-order valence-electron chi connectivity index (χ0n) is 22.4. The van der Waals surface area contributed by atoms with Gasteiger partial charge in [0.1, 0.15) is 12.3 Å². The molecule has 3 aromatic carbocycles. The Morgan fingerprint density at radius 3 is 1.76 bits per heavy atom. The fraction of sp³-hybridized carbons (Fsp3) is 0.412. The van der Waals surface area contributed by atoms with Crippen LogP contribution in [-0.2, 0) is 0 Å². The molecule has 1 aliphatic heterocycles. The monoisotopic (exact) mass is 510 g/mol. The summed E-state index contributed by atoms with van der Waals surface area (Å²) >= 11 is 0. The van der Waals surface area contributed by atoms with E-state index in [2.05, 4.69) is 79.4 Å². The standard InChI is InChI=1S/C34H41NOP/c1-3-25-35(30-21-12-10-19-28(30)29-20-11-13-22-31(29)35)32-23-14-24-33(36-2)34(32)37(26-15-6-4-7-16-26)27-17-8-5-9-18-27/h3,10-14,19-24,26-27H,1,4-9,15-18,25H2,2H3/q+1.